The molecule has 3 rings (SSSR count). The van der Waals surface area contributed by atoms with E-state index in [1.807, 2.05) is 35.6 Å². The van der Waals surface area contributed by atoms with E-state index in [4.69, 9.17) is 4.42 Å². The predicted molar refractivity (Wildman–Crippen MR) is 109 cm³/mol. The van der Waals surface area contributed by atoms with E-state index < -0.39 is 0 Å². The van der Waals surface area contributed by atoms with Gasteiger partial charge in [0.05, 0.1) is 6.26 Å². The summed E-state index contributed by atoms with van der Waals surface area (Å²) >= 11 is 1.75. The van der Waals surface area contributed by atoms with E-state index in [9.17, 15) is 4.79 Å². The number of amides is 1. The van der Waals surface area contributed by atoms with Crippen molar-refractivity contribution in [3.05, 3.63) is 89.9 Å². The van der Waals surface area contributed by atoms with Gasteiger partial charge >= 0.3 is 0 Å². The van der Waals surface area contributed by atoms with Gasteiger partial charge in [0.15, 0.2) is 18.3 Å². The van der Waals surface area contributed by atoms with Crippen molar-refractivity contribution in [2.45, 2.75) is 17.9 Å². The van der Waals surface area contributed by atoms with Gasteiger partial charge in [-0.15, -0.1) is 11.8 Å². The fourth-order valence-corrected chi connectivity index (χ4v) is 3.60. The first-order valence-electron chi connectivity index (χ1n) is 9.10. The molecule has 0 aliphatic heterocycles. The molecule has 0 fully saturated rings. The fraction of sp³-hybridized carbons (Fsp3) is 0.227. The minimum absolute atomic E-state index is 0.0196. The number of nitrogens with two attached hydrogens (primary N) is 1. The largest absolute Gasteiger partial charge is 0.463 e. The molecular weight excluding hydrogens is 356 g/mol. The summed E-state index contributed by atoms with van der Waals surface area (Å²) in [6, 6.07) is 22.3. The predicted octanol–water partition coefficient (Wildman–Crippen LogP) is 3.15. The number of quaternary nitrogens is 1. The molecule has 0 radical (unpaired) electrons. The number of benzene rings is 2. The normalized spacial score (nSPS) is 11.9. The van der Waals surface area contributed by atoms with Crippen LogP contribution in [0.1, 0.15) is 22.9 Å². The number of carbonyl (C=O) groups excluding carboxylic acids is 1. The molecule has 1 aromatic heterocycles. The molecule has 1 amide bonds. The Labute approximate surface area is 164 Å². The quantitative estimate of drug-likeness (QED) is 0.442. The Morgan fingerprint density at radius 3 is 2.56 bits per heavy atom. The summed E-state index contributed by atoms with van der Waals surface area (Å²) in [5.41, 5.74) is 2.38. The lowest BCUT2D eigenvalue weighted by atomic mass is 10.0. The van der Waals surface area contributed by atoms with Crippen LogP contribution in [-0.2, 0) is 4.79 Å². The molecule has 3 N–H and O–H groups in total. The van der Waals surface area contributed by atoms with Crippen LogP contribution in [-0.4, -0.2) is 24.7 Å². The topological polar surface area (TPSA) is 58.9 Å². The van der Waals surface area contributed by atoms with Crippen molar-refractivity contribution in [3.63, 3.8) is 0 Å². The molecule has 0 aliphatic carbocycles. The first-order chi connectivity index (χ1) is 13.2. The van der Waals surface area contributed by atoms with Gasteiger partial charge in [0.25, 0.3) is 5.91 Å². The summed E-state index contributed by atoms with van der Waals surface area (Å²) in [5, 5.41) is 5.01. The number of thioether (sulfide) groups is 1. The monoisotopic (exact) mass is 381 g/mol. The first-order valence-corrected chi connectivity index (χ1v) is 10.1. The number of hydrogen-bond donors (Lipinski definition) is 2. The molecule has 0 spiro atoms. The molecular formula is C22H25N2O2S+. The number of aryl methyl sites for hydroxylation is 1. The van der Waals surface area contributed by atoms with E-state index in [0.29, 0.717) is 13.1 Å². The maximum Gasteiger partial charge on any atom is 0.275 e. The van der Waals surface area contributed by atoms with Crippen LogP contribution >= 0.6 is 11.8 Å². The van der Waals surface area contributed by atoms with Crippen molar-refractivity contribution >= 4 is 17.7 Å². The van der Waals surface area contributed by atoms with Gasteiger partial charge in [-0.25, -0.2) is 0 Å². The Kier molecular flexibility index (Phi) is 7.13. The Bertz CT molecular complexity index is 817. The second kappa shape index (κ2) is 10.00. The number of rotatable bonds is 9. The summed E-state index contributed by atoms with van der Waals surface area (Å²) in [7, 11) is 0. The highest BCUT2D eigenvalue weighted by Gasteiger charge is 2.21. The van der Waals surface area contributed by atoms with Gasteiger partial charge in [-0.2, -0.15) is 0 Å². The fourth-order valence-electron chi connectivity index (χ4n) is 2.84. The maximum atomic E-state index is 12.2. The summed E-state index contributed by atoms with van der Waals surface area (Å²) in [6.45, 7) is 3.09. The van der Waals surface area contributed by atoms with E-state index in [-0.39, 0.29) is 11.9 Å². The molecule has 1 atom stereocenters. The van der Waals surface area contributed by atoms with Gasteiger partial charge in [0.2, 0.25) is 0 Å². The van der Waals surface area contributed by atoms with Crippen LogP contribution in [0.15, 0.2) is 82.3 Å². The average molecular weight is 382 g/mol. The van der Waals surface area contributed by atoms with Crippen molar-refractivity contribution in [1.82, 2.24) is 5.32 Å². The molecule has 4 nitrogen and oxygen atoms in total. The smallest absolute Gasteiger partial charge is 0.275 e. The van der Waals surface area contributed by atoms with E-state index in [0.717, 1.165) is 17.1 Å². The SMILES string of the molecule is Cc1ccc(SCCNC(=O)C[NH2+][C@H](c2ccccc2)c2ccco2)cc1. The van der Waals surface area contributed by atoms with Crippen molar-refractivity contribution in [2.24, 2.45) is 0 Å². The Balaban J connectivity index is 1.44. The Morgan fingerprint density at radius 1 is 1.07 bits per heavy atom. The van der Waals surface area contributed by atoms with Gasteiger partial charge in [-0.05, 0) is 31.2 Å². The molecule has 0 saturated heterocycles. The van der Waals surface area contributed by atoms with Gasteiger partial charge in [0.1, 0.15) is 0 Å². The lowest BCUT2D eigenvalue weighted by Gasteiger charge is -2.14. The van der Waals surface area contributed by atoms with E-state index in [2.05, 4.69) is 48.6 Å². The lowest BCUT2D eigenvalue weighted by molar-refractivity contribution is -0.678. The summed E-state index contributed by atoms with van der Waals surface area (Å²) in [5.74, 6) is 1.74. The van der Waals surface area contributed by atoms with Crippen molar-refractivity contribution in [1.29, 1.82) is 0 Å². The molecule has 0 saturated carbocycles. The second-order valence-corrected chi connectivity index (χ2v) is 7.52. The Morgan fingerprint density at radius 2 is 1.85 bits per heavy atom. The third-order valence-electron chi connectivity index (χ3n) is 4.26. The van der Waals surface area contributed by atoms with Gasteiger partial charge < -0.3 is 15.1 Å². The van der Waals surface area contributed by atoms with Gasteiger partial charge in [0, 0.05) is 22.8 Å². The Hall–Kier alpha value is -2.50. The highest BCUT2D eigenvalue weighted by molar-refractivity contribution is 7.99. The maximum absolute atomic E-state index is 12.2. The van der Waals surface area contributed by atoms with Crippen molar-refractivity contribution in [3.8, 4) is 0 Å². The van der Waals surface area contributed by atoms with E-state index in [1.165, 1.54) is 10.5 Å². The van der Waals surface area contributed by atoms with Crippen molar-refractivity contribution in [2.75, 3.05) is 18.8 Å². The molecule has 0 bridgehead atoms. The summed E-state index contributed by atoms with van der Waals surface area (Å²) in [4.78, 5) is 13.4. The zero-order valence-electron chi connectivity index (χ0n) is 15.4. The molecule has 2 aromatic carbocycles. The second-order valence-electron chi connectivity index (χ2n) is 6.36. The van der Waals surface area contributed by atoms with Crippen molar-refractivity contribution < 1.29 is 14.5 Å². The minimum Gasteiger partial charge on any atom is -0.463 e. The molecule has 0 unspecified atom stereocenters. The van der Waals surface area contributed by atoms with Crippen LogP contribution in [0, 0.1) is 6.92 Å². The number of hydrogen-bond acceptors (Lipinski definition) is 3. The van der Waals surface area contributed by atoms with E-state index in [1.54, 1.807) is 18.0 Å². The highest BCUT2D eigenvalue weighted by Crippen LogP contribution is 2.18. The molecule has 1 heterocycles. The summed E-state index contributed by atoms with van der Waals surface area (Å²) < 4.78 is 5.57. The van der Waals surface area contributed by atoms with Crippen LogP contribution < -0.4 is 10.6 Å². The van der Waals surface area contributed by atoms with Crippen LogP contribution in [0.3, 0.4) is 0 Å². The number of nitrogens with one attached hydrogen (secondary N) is 1. The van der Waals surface area contributed by atoms with Crippen LogP contribution in [0.4, 0.5) is 0 Å². The third-order valence-corrected chi connectivity index (χ3v) is 5.28. The zero-order valence-corrected chi connectivity index (χ0v) is 16.2. The first kappa shape index (κ1) is 19.3. The van der Waals surface area contributed by atoms with Gasteiger partial charge in [-0.1, -0.05) is 48.0 Å². The van der Waals surface area contributed by atoms with Crippen LogP contribution in [0.2, 0.25) is 0 Å². The average Bonchev–Trinajstić information content (AvgIpc) is 3.22. The zero-order chi connectivity index (χ0) is 18.9. The molecule has 0 aliphatic rings. The molecule has 27 heavy (non-hydrogen) atoms. The van der Waals surface area contributed by atoms with E-state index >= 15 is 0 Å². The number of furan rings is 1. The third kappa shape index (κ3) is 6.01. The van der Waals surface area contributed by atoms with Crippen LogP contribution in [0.25, 0.3) is 0 Å². The molecule has 5 heteroatoms. The molecule has 3 aromatic rings. The van der Waals surface area contributed by atoms with Crippen LogP contribution in [0.5, 0.6) is 0 Å². The highest BCUT2D eigenvalue weighted by atomic mass is 32.2. The standard InChI is InChI=1S/C22H24N2O2S/c1-17-9-11-19(12-10-17)27-15-13-23-21(25)16-24-22(20-8-5-14-26-20)18-6-3-2-4-7-18/h2-12,14,22,24H,13,15-16H2,1H3,(H,23,25)/p+1/t22-/m1/s1. The van der Waals surface area contributed by atoms with Gasteiger partial charge in [-0.3, -0.25) is 4.79 Å². The minimum atomic E-state index is -0.0196. The lowest BCUT2D eigenvalue weighted by Crippen LogP contribution is -2.87. The number of carbonyl (C=O) groups is 1. The molecule has 140 valence electrons. The summed E-state index contributed by atoms with van der Waals surface area (Å²) in [6.07, 6.45) is 1.67.